The molecule has 0 fully saturated rings. The summed E-state index contributed by atoms with van der Waals surface area (Å²) in [7, 11) is 0. The Hall–Kier alpha value is -1.88. The van der Waals surface area contributed by atoms with E-state index in [1.807, 2.05) is 32.0 Å². The zero-order chi connectivity index (χ0) is 12.5. The Morgan fingerprint density at radius 2 is 2.17 bits per heavy atom. The van der Waals surface area contributed by atoms with Crippen LogP contribution in [0.15, 0.2) is 28.0 Å². The fraction of sp³-hybridized carbons (Fsp3) is 0.231. The van der Waals surface area contributed by atoms with Crippen molar-refractivity contribution >= 4 is 28.1 Å². The number of aryl methyl sites for hydroxylation is 2. The van der Waals surface area contributed by atoms with Crippen LogP contribution in [0.1, 0.15) is 16.6 Å². The number of aromatic nitrogens is 2. The zero-order valence-corrected chi connectivity index (χ0v) is 11.0. The first-order valence-corrected chi connectivity index (χ1v) is 6.61. The normalized spacial score (nSPS) is 11.0. The molecule has 0 aliphatic carbocycles. The van der Waals surface area contributed by atoms with Crippen molar-refractivity contribution in [3.05, 3.63) is 40.2 Å². The van der Waals surface area contributed by atoms with Crippen molar-refractivity contribution in [3.8, 4) is 0 Å². The number of nitrogens with zero attached hydrogens (tertiary/aromatic N) is 2. The molecule has 0 bridgehead atoms. The predicted molar refractivity (Wildman–Crippen MR) is 72.9 cm³/mol. The number of anilines is 1. The molecule has 1 aromatic carbocycles. The smallest absolute Gasteiger partial charge is 0.192 e. The van der Waals surface area contributed by atoms with Gasteiger partial charge >= 0.3 is 0 Å². The molecular weight excluding hydrogens is 246 g/mol. The van der Waals surface area contributed by atoms with Crippen molar-refractivity contribution in [2.45, 2.75) is 20.4 Å². The van der Waals surface area contributed by atoms with Crippen LogP contribution in [-0.2, 0) is 6.54 Å². The summed E-state index contributed by atoms with van der Waals surface area (Å²) in [4.78, 5) is 8.73. The lowest BCUT2D eigenvalue weighted by atomic mass is 10.3. The molecule has 2 heterocycles. The van der Waals surface area contributed by atoms with Gasteiger partial charge in [0, 0.05) is 23.7 Å². The molecular formula is C13H13N3OS. The Morgan fingerprint density at radius 1 is 1.28 bits per heavy atom. The third-order valence-corrected chi connectivity index (χ3v) is 3.57. The first kappa shape index (κ1) is 11.2. The van der Waals surface area contributed by atoms with Crippen LogP contribution in [0.25, 0.3) is 11.1 Å². The quantitative estimate of drug-likeness (QED) is 0.782. The third kappa shape index (κ3) is 2.22. The molecule has 0 aliphatic rings. The van der Waals surface area contributed by atoms with Crippen LogP contribution in [0.4, 0.5) is 5.69 Å². The van der Waals surface area contributed by atoms with Crippen molar-refractivity contribution < 1.29 is 4.42 Å². The maximum atomic E-state index is 5.44. The van der Waals surface area contributed by atoms with Gasteiger partial charge in [0.2, 0.25) is 0 Å². The highest BCUT2D eigenvalue weighted by atomic mass is 32.1. The second-order valence-corrected chi connectivity index (χ2v) is 5.09. The number of nitrogens with one attached hydrogen (secondary N) is 1. The van der Waals surface area contributed by atoms with E-state index in [1.54, 1.807) is 11.3 Å². The van der Waals surface area contributed by atoms with Gasteiger partial charge in [0.25, 0.3) is 0 Å². The fourth-order valence-corrected chi connectivity index (χ4v) is 2.53. The van der Waals surface area contributed by atoms with E-state index in [0.717, 1.165) is 34.0 Å². The summed E-state index contributed by atoms with van der Waals surface area (Å²) >= 11 is 1.67. The molecule has 0 saturated carbocycles. The van der Waals surface area contributed by atoms with Crippen LogP contribution < -0.4 is 5.32 Å². The number of oxazole rings is 1. The fourth-order valence-electron chi connectivity index (χ4n) is 1.81. The highest BCUT2D eigenvalue weighted by Gasteiger charge is 2.04. The van der Waals surface area contributed by atoms with Crippen molar-refractivity contribution in [1.29, 1.82) is 0 Å². The van der Waals surface area contributed by atoms with Gasteiger partial charge in [-0.05, 0) is 25.1 Å². The summed E-state index contributed by atoms with van der Waals surface area (Å²) in [5.41, 5.74) is 3.80. The summed E-state index contributed by atoms with van der Waals surface area (Å²) in [6, 6.07) is 5.92. The van der Waals surface area contributed by atoms with E-state index in [2.05, 4.69) is 20.7 Å². The molecule has 0 unspecified atom stereocenters. The molecule has 0 atom stereocenters. The minimum absolute atomic E-state index is 0.692. The van der Waals surface area contributed by atoms with Crippen LogP contribution in [0.5, 0.6) is 0 Å². The van der Waals surface area contributed by atoms with Crippen LogP contribution in [0.2, 0.25) is 0 Å². The third-order valence-electron chi connectivity index (χ3n) is 2.60. The molecule has 0 aliphatic heterocycles. The lowest BCUT2D eigenvalue weighted by Crippen LogP contribution is -1.98. The molecule has 2 aromatic heterocycles. The summed E-state index contributed by atoms with van der Waals surface area (Å²) in [6.45, 7) is 4.59. The summed E-state index contributed by atoms with van der Waals surface area (Å²) in [6.07, 6.45) is 0. The zero-order valence-electron chi connectivity index (χ0n) is 10.2. The molecule has 0 radical (unpaired) electrons. The Labute approximate surface area is 109 Å². The molecule has 18 heavy (non-hydrogen) atoms. The summed E-state index contributed by atoms with van der Waals surface area (Å²) < 4.78 is 5.44. The number of hydrogen-bond acceptors (Lipinski definition) is 5. The molecule has 3 rings (SSSR count). The summed E-state index contributed by atoms with van der Waals surface area (Å²) in [5.74, 6) is 0.692. The molecule has 0 spiro atoms. The number of hydrogen-bond donors (Lipinski definition) is 1. The van der Waals surface area contributed by atoms with E-state index in [1.165, 1.54) is 0 Å². The average Bonchev–Trinajstić information content (AvgIpc) is 2.90. The van der Waals surface area contributed by atoms with E-state index in [0.29, 0.717) is 5.89 Å². The van der Waals surface area contributed by atoms with E-state index in [-0.39, 0.29) is 0 Å². The van der Waals surface area contributed by atoms with Gasteiger partial charge in [0.15, 0.2) is 11.5 Å². The van der Waals surface area contributed by atoms with Gasteiger partial charge in [-0.1, -0.05) is 0 Å². The average molecular weight is 259 g/mol. The largest absolute Gasteiger partial charge is 0.441 e. The van der Waals surface area contributed by atoms with Crippen molar-refractivity contribution in [1.82, 2.24) is 9.97 Å². The Kier molecular flexibility index (Phi) is 2.76. The topological polar surface area (TPSA) is 51.0 Å². The molecule has 4 nitrogen and oxygen atoms in total. The lowest BCUT2D eigenvalue weighted by molar-refractivity contribution is 0.561. The second kappa shape index (κ2) is 4.42. The van der Waals surface area contributed by atoms with Crippen molar-refractivity contribution in [2.75, 3.05) is 5.32 Å². The minimum atomic E-state index is 0.692. The van der Waals surface area contributed by atoms with E-state index in [4.69, 9.17) is 4.42 Å². The van der Waals surface area contributed by atoms with Crippen molar-refractivity contribution in [2.24, 2.45) is 0 Å². The number of fused-ring (bicyclic) bond motifs is 1. The van der Waals surface area contributed by atoms with Crippen LogP contribution in [0.3, 0.4) is 0 Å². The van der Waals surface area contributed by atoms with Crippen LogP contribution >= 0.6 is 11.3 Å². The Balaban J connectivity index is 1.78. The molecule has 3 aromatic rings. The second-order valence-electron chi connectivity index (χ2n) is 4.15. The van der Waals surface area contributed by atoms with Gasteiger partial charge in [-0.3, -0.25) is 0 Å². The monoisotopic (exact) mass is 259 g/mol. The highest BCUT2D eigenvalue weighted by Crippen LogP contribution is 2.20. The van der Waals surface area contributed by atoms with Gasteiger partial charge in [-0.2, -0.15) is 0 Å². The van der Waals surface area contributed by atoms with E-state index in [9.17, 15) is 0 Å². The van der Waals surface area contributed by atoms with E-state index < -0.39 is 0 Å². The SMILES string of the molecule is Cc1csc(CNc2ccc3oc(C)nc3c2)n1. The van der Waals surface area contributed by atoms with Gasteiger partial charge < -0.3 is 9.73 Å². The first-order valence-electron chi connectivity index (χ1n) is 5.73. The Morgan fingerprint density at radius 3 is 2.94 bits per heavy atom. The number of thiazole rings is 1. The highest BCUT2D eigenvalue weighted by molar-refractivity contribution is 7.09. The van der Waals surface area contributed by atoms with Gasteiger partial charge in [-0.15, -0.1) is 11.3 Å². The predicted octanol–water partition coefficient (Wildman–Crippen LogP) is 3.51. The van der Waals surface area contributed by atoms with Gasteiger partial charge in [0.1, 0.15) is 10.5 Å². The molecule has 1 N–H and O–H groups in total. The van der Waals surface area contributed by atoms with E-state index >= 15 is 0 Å². The molecule has 5 heteroatoms. The molecule has 92 valence electrons. The van der Waals surface area contributed by atoms with Gasteiger partial charge in [0.05, 0.1) is 6.54 Å². The molecule has 0 saturated heterocycles. The number of benzene rings is 1. The standard InChI is InChI=1S/C13H13N3OS/c1-8-7-18-13(15-8)6-14-10-3-4-12-11(5-10)16-9(2)17-12/h3-5,7,14H,6H2,1-2H3. The van der Waals surface area contributed by atoms with Crippen molar-refractivity contribution in [3.63, 3.8) is 0 Å². The number of rotatable bonds is 3. The van der Waals surface area contributed by atoms with Gasteiger partial charge in [-0.25, -0.2) is 9.97 Å². The molecule has 0 amide bonds. The lowest BCUT2D eigenvalue weighted by Gasteiger charge is -2.03. The maximum Gasteiger partial charge on any atom is 0.192 e. The Bertz CT molecular complexity index is 686. The van der Waals surface area contributed by atoms with Crippen LogP contribution in [0, 0.1) is 13.8 Å². The minimum Gasteiger partial charge on any atom is -0.441 e. The van der Waals surface area contributed by atoms with Crippen LogP contribution in [-0.4, -0.2) is 9.97 Å². The maximum absolute atomic E-state index is 5.44. The first-order chi connectivity index (χ1) is 8.70. The summed E-state index contributed by atoms with van der Waals surface area (Å²) in [5, 5.41) is 6.49.